The second-order valence-electron chi connectivity index (χ2n) is 4.75. The molecular formula is C17H17BrO5S. The lowest BCUT2D eigenvalue weighted by atomic mass is 10.1. The number of esters is 1. The molecule has 0 aliphatic carbocycles. The molecule has 0 N–H and O–H groups in total. The van der Waals surface area contributed by atoms with Gasteiger partial charge < -0.3 is 14.2 Å². The monoisotopic (exact) mass is 412 g/mol. The highest BCUT2D eigenvalue weighted by atomic mass is 79.9. The van der Waals surface area contributed by atoms with Crippen LogP contribution < -0.4 is 9.47 Å². The van der Waals surface area contributed by atoms with Gasteiger partial charge in [0.2, 0.25) is 0 Å². The summed E-state index contributed by atoms with van der Waals surface area (Å²) >= 11 is 3.34. The highest BCUT2D eigenvalue weighted by Gasteiger charge is 2.22. The van der Waals surface area contributed by atoms with Gasteiger partial charge in [-0.05, 0) is 39.7 Å². The van der Waals surface area contributed by atoms with Gasteiger partial charge in [0.25, 0.3) is 0 Å². The van der Waals surface area contributed by atoms with E-state index in [1.54, 1.807) is 30.3 Å². The van der Waals surface area contributed by atoms with Gasteiger partial charge in [0.05, 0.1) is 47.3 Å². The van der Waals surface area contributed by atoms with Gasteiger partial charge in [0.1, 0.15) is 17.1 Å². The largest absolute Gasteiger partial charge is 0.495 e. The fraction of sp³-hybridized carbons (Fsp3) is 0.235. The van der Waals surface area contributed by atoms with E-state index in [2.05, 4.69) is 15.9 Å². The summed E-state index contributed by atoms with van der Waals surface area (Å²) in [6.07, 6.45) is 0. The highest BCUT2D eigenvalue weighted by molar-refractivity contribution is 9.10. The molecule has 0 radical (unpaired) electrons. The van der Waals surface area contributed by atoms with Crippen LogP contribution in [0.1, 0.15) is 15.9 Å². The molecule has 0 aromatic heterocycles. The normalized spacial score (nSPS) is 11.7. The molecule has 1 atom stereocenters. The molecule has 0 aliphatic heterocycles. The molecule has 0 bridgehead atoms. The number of hydrogen-bond donors (Lipinski definition) is 0. The standard InChI is InChI=1S/C17H17BrO5S/c1-21-13-6-4-5-7-14(13)24(20)10-11-8-9-12(18)16(22-2)15(11)17(19)23-3/h4-9H,10H2,1-3H3. The summed E-state index contributed by atoms with van der Waals surface area (Å²) in [6, 6.07) is 10.6. The van der Waals surface area contributed by atoms with E-state index in [1.807, 2.05) is 6.07 Å². The minimum absolute atomic E-state index is 0.133. The summed E-state index contributed by atoms with van der Waals surface area (Å²) in [5, 5.41) is 0. The molecule has 5 nitrogen and oxygen atoms in total. The summed E-state index contributed by atoms with van der Waals surface area (Å²) in [4.78, 5) is 12.7. The summed E-state index contributed by atoms with van der Waals surface area (Å²) in [5.74, 6) is 0.491. The number of ether oxygens (including phenoxy) is 3. The molecule has 2 aromatic rings. The highest BCUT2D eigenvalue weighted by Crippen LogP contribution is 2.34. The Hall–Kier alpha value is -1.86. The smallest absolute Gasteiger partial charge is 0.342 e. The van der Waals surface area contributed by atoms with Crippen LogP contribution in [0, 0.1) is 0 Å². The number of carbonyl (C=O) groups is 1. The van der Waals surface area contributed by atoms with Gasteiger partial charge in [0.15, 0.2) is 0 Å². The Bertz CT molecular complexity index is 776. The summed E-state index contributed by atoms with van der Waals surface area (Å²) < 4.78 is 28.8. The van der Waals surface area contributed by atoms with Crippen LogP contribution in [-0.2, 0) is 21.3 Å². The molecule has 0 saturated heterocycles. The maximum Gasteiger partial charge on any atom is 0.342 e. The van der Waals surface area contributed by atoms with Crippen LogP contribution >= 0.6 is 15.9 Å². The maximum atomic E-state index is 12.8. The van der Waals surface area contributed by atoms with Gasteiger partial charge in [0, 0.05) is 0 Å². The Morgan fingerprint density at radius 2 is 1.79 bits per heavy atom. The summed E-state index contributed by atoms with van der Waals surface area (Å²) in [7, 11) is 2.89. The first-order chi connectivity index (χ1) is 11.5. The lowest BCUT2D eigenvalue weighted by Crippen LogP contribution is -2.11. The average Bonchev–Trinajstić information content (AvgIpc) is 2.61. The third kappa shape index (κ3) is 3.79. The maximum absolute atomic E-state index is 12.8. The predicted molar refractivity (Wildman–Crippen MR) is 95.1 cm³/mol. The lowest BCUT2D eigenvalue weighted by Gasteiger charge is -2.14. The van der Waals surface area contributed by atoms with Crippen LogP contribution in [0.5, 0.6) is 11.5 Å². The molecule has 0 amide bonds. The van der Waals surface area contributed by atoms with Gasteiger partial charge in [-0.15, -0.1) is 0 Å². The van der Waals surface area contributed by atoms with Crippen LogP contribution in [0.2, 0.25) is 0 Å². The first-order valence-corrected chi connectivity index (χ1v) is 9.09. The number of carbonyl (C=O) groups excluding carboxylic acids is 1. The molecule has 128 valence electrons. The number of rotatable bonds is 6. The van der Waals surface area contributed by atoms with E-state index in [0.717, 1.165) is 0 Å². The molecule has 2 rings (SSSR count). The third-order valence-corrected chi connectivity index (χ3v) is 5.42. The van der Waals surface area contributed by atoms with Crippen molar-refractivity contribution in [2.24, 2.45) is 0 Å². The fourth-order valence-electron chi connectivity index (χ4n) is 2.27. The van der Waals surface area contributed by atoms with Crippen molar-refractivity contribution in [3.63, 3.8) is 0 Å². The number of hydrogen-bond acceptors (Lipinski definition) is 5. The Labute approximate surface area is 151 Å². The van der Waals surface area contributed by atoms with Crippen molar-refractivity contribution in [1.29, 1.82) is 0 Å². The SMILES string of the molecule is COC(=O)c1c(CS(=O)c2ccccc2OC)ccc(Br)c1OC. The number of benzene rings is 2. The Balaban J connectivity index is 2.46. The Kier molecular flexibility index (Phi) is 6.39. The van der Waals surface area contributed by atoms with E-state index >= 15 is 0 Å². The van der Waals surface area contributed by atoms with Gasteiger partial charge in [-0.2, -0.15) is 0 Å². The molecule has 0 spiro atoms. The summed E-state index contributed by atoms with van der Waals surface area (Å²) in [6.45, 7) is 0. The van der Waals surface area contributed by atoms with E-state index in [-0.39, 0.29) is 11.3 Å². The number of methoxy groups -OCH3 is 3. The first kappa shape index (κ1) is 18.5. The van der Waals surface area contributed by atoms with E-state index in [1.165, 1.54) is 21.3 Å². The molecule has 24 heavy (non-hydrogen) atoms. The zero-order chi connectivity index (χ0) is 17.7. The van der Waals surface area contributed by atoms with Crippen molar-refractivity contribution in [2.75, 3.05) is 21.3 Å². The fourth-order valence-corrected chi connectivity index (χ4v) is 4.05. The van der Waals surface area contributed by atoms with Crippen molar-refractivity contribution in [1.82, 2.24) is 0 Å². The molecule has 1 unspecified atom stereocenters. The zero-order valence-electron chi connectivity index (χ0n) is 13.5. The zero-order valence-corrected chi connectivity index (χ0v) is 15.9. The van der Waals surface area contributed by atoms with Gasteiger partial charge >= 0.3 is 5.97 Å². The van der Waals surface area contributed by atoms with Crippen molar-refractivity contribution in [3.05, 3.63) is 52.0 Å². The van der Waals surface area contributed by atoms with Gasteiger partial charge in [-0.1, -0.05) is 18.2 Å². The van der Waals surface area contributed by atoms with Crippen molar-refractivity contribution >= 4 is 32.7 Å². The Morgan fingerprint density at radius 1 is 1.08 bits per heavy atom. The summed E-state index contributed by atoms with van der Waals surface area (Å²) in [5.41, 5.74) is 0.837. The van der Waals surface area contributed by atoms with E-state index < -0.39 is 16.8 Å². The second-order valence-corrected chi connectivity index (χ2v) is 7.02. The minimum atomic E-state index is -1.40. The predicted octanol–water partition coefficient (Wildman–Crippen LogP) is 3.56. The first-order valence-electron chi connectivity index (χ1n) is 6.98. The third-order valence-electron chi connectivity index (χ3n) is 3.39. The quantitative estimate of drug-likeness (QED) is 0.678. The lowest BCUT2D eigenvalue weighted by molar-refractivity contribution is 0.0596. The molecule has 0 heterocycles. The topological polar surface area (TPSA) is 61.8 Å². The van der Waals surface area contributed by atoms with E-state index in [4.69, 9.17) is 14.2 Å². The van der Waals surface area contributed by atoms with Crippen molar-refractivity contribution < 1.29 is 23.2 Å². The van der Waals surface area contributed by atoms with Crippen molar-refractivity contribution in [3.8, 4) is 11.5 Å². The second kappa shape index (κ2) is 8.30. The van der Waals surface area contributed by atoms with Gasteiger partial charge in [-0.25, -0.2) is 4.79 Å². The van der Waals surface area contributed by atoms with Crippen LogP contribution in [0.15, 0.2) is 45.8 Å². The van der Waals surface area contributed by atoms with Crippen LogP contribution in [0.25, 0.3) is 0 Å². The molecule has 0 aliphatic rings. The Morgan fingerprint density at radius 3 is 2.42 bits per heavy atom. The number of halogens is 1. The molecular weight excluding hydrogens is 396 g/mol. The van der Waals surface area contributed by atoms with E-state index in [0.29, 0.717) is 26.4 Å². The molecule has 7 heteroatoms. The van der Waals surface area contributed by atoms with E-state index in [9.17, 15) is 9.00 Å². The average molecular weight is 413 g/mol. The molecule has 0 fully saturated rings. The van der Waals surface area contributed by atoms with Crippen LogP contribution in [0.3, 0.4) is 0 Å². The van der Waals surface area contributed by atoms with Crippen LogP contribution in [0.4, 0.5) is 0 Å². The number of para-hydroxylation sites is 1. The molecule has 0 saturated carbocycles. The van der Waals surface area contributed by atoms with Crippen LogP contribution in [-0.4, -0.2) is 31.5 Å². The van der Waals surface area contributed by atoms with Gasteiger partial charge in [-0.3, -0.25) is 4.21 Å². The van der Waals surface area contributed by atoms with Crippen molar-refractivity contribution in [2.45, 2.75) is 10.6 Å². The minimum Gasteiger partial charge on any atom is -0.495 e. The molecule has 2 aromatic carbocycles.